The zero-order valence-corrected chi connectivity index (χ0v) is 16.8. The molecule has 27 heavy (non-hydrogen) atoms. The first-order valence-corrected chi connectivity index (χ1v) is 10.4. The molecule has 6 heteroatoms. The van der Waals surface area contributed by atoms with Crippen LogP contribution in [0.1, 0.15) is 42.4 Å². The molecule has 1 aromatic heterocycles. The summed E-state index contributed by atoms with van der Waals surface area (Å²) >= 11 is 7.68. The summed E-state index contributed by atoms with van der Waals surface area (Å²) in [6.07, 6.45) is 2.15. The van der Waals surface area contributed by atoms with Gasteiger partial charge in [-0.05, 0) is 56.1 Å². The lowest BCUT2D eigenvalue weighted by atomic mass is 10.1. The van der Waals surface area contributed by atoms with Crippen molar-refractivity contribution in [2.45, 2.75) is 31.8 Å². The van der Waals surface area contributed by atoms with Crippen LogP contribution in [0, 0.1) is 0 Å². The van der Waals surface area contributed by atoms with Crippen molar-refractivity contribution < 1.29 is 4.79 Å². The Labute approximate surface area is 168 Å². The van der Waals surface area contributed by atoms with E-state index < -0.39 is 0 Å². The van der Waals surface area contributed by atoms with Crippen LogP contribution >= 0.6 is 22.9 Å². The van der Waals surface area contributed by atoms with Gasteiger partial charge in [-0.25, -0.2) is 4.98 Å². The zero-order valence-electron chi connectivity index (χ0n) is 15.2. The lowest BCUT2D eigenvalue weighted by Gasteiger charge is -2.23. The number of nitrogens with one attached hydrogen (secondary N) is 1. The van der Waals surface area contributed by atoms with Crippen LogP contribution in [0.15, 0.2) is 48.5 Å². The minimum absolute atomic E-state index is 0.0433. The van der Waals surface area contributed by atoms with Gasteiger partial charge in [0.1, 0.15) is 5.01 Å². The third-order valence-corrected chi connectivity index (χ3v) is 6.44. The Morgan fingerprint density at radius 3 is 2.85 bits per heavy atom. The second-order valence-corrected chi connectivity index (χ2v) is 8.49. The van der Waals surface area contributed by atoms with E-state index in [0.717, 1.165) is 35.5 Å². The molecule has 0 bridgehead atoms. The lowest BCUT2D eigenvalue weighted by Crippen LogP contribution is -2.38. The average Bonchev–Trinajstić information content (AvgIpc) is 3.28. The summed E-state index contributed by atoms with van der Waals surface area (Å²) in [5.74, 6) is 0.0467. The minimum Gasteiger partial charge on any atom is -0.348 e. The van der Waals surface area contributed by atoms with E-state index in [0.29, 0.717) is 11.6 Å². The van der Waals surface area contributed by atoms with E-state index in [1.165, 1.54) is 4.70 Å². The first-order valence-electron chi connectivity index (χ1n) is 9.24. The van der Waals surface area contributed by atoms with Crippen LogP contribution in [0.3, 0.4) is 0 Å². The van der Waals surface area contributed by atoms with Crippen molar-refractivity contribution >= 4 is 39.1 Å². The molecule has 2 heterocycles. The molecular weight excluding hydrogens is 378 g/mol. The summed E-state index contributed by atoms with van der Waals surface area (Å²) in [4.78, 5) is 19.7. The SMILES string of the molecule is C[C@H](NC(=O)CN1CCC[C@@H]1c1nc2ccccc2s1)c1ccc(Cl)cc1. The highest BCUT2D eigenvalue weighted by molar-refractivity contribution is 7.18. The Balaban J connectivity index is 1.41. The molecular formula is C21H22ClN3OS. The van der Waals surface area contributed by atoms with Gasteiger partial charge in [-0.2, -0.15) is 0 Å². The smallest absolute Gasteiger partial charge is 0.234 e. The van der Waals surface area contributed by atoms with Gasteiger partial charge < -0.3 is 5.32 Å². The number of rotatable bonds is 5. The highest BCUT2D eigenvalue weighted by Gasteiger charge is 2.30. The standard InChI is InChI=1S/C21H22ClN3OS/c1-14(15-8-10-16(22)11-9-15)23-20(26)13-25-12-4-6-18(25)21-24-17-5-2-3-7-19(17)27-21/h2-3,5,7-11,14,18H,4,6,12-13H2,1H3,(H,23,26)/t14-,18+/m0/s1. The maximum absolute atomic E-state index is 12.6. The summed E-state index contributed by atoms with van der Waals surface area (Å²) in [5, 5.41) is 4.92. The van der Waals surface area contributed by atoms with Gasteiger partial charge in [0.15, 0.2) is 0 Å². The van der Waals surface area contributed by atoms with E-state index in [1.807, 2.05) is 43.3 Å². The number of hydrogen-bond acceptors (Lipinski definition) is 4. The predicted octanol–water partition coefficient (Wildman–Crippen LogP) is 4.96. The lowest BCUT2D eigenvalue weighted by molar-refractivity contribution is -0.123. The van der Waals surface area contributed by atoms with Gasteiger partial charge in [0.25, 0.3) is 0 Å². The molecule has 1 N–H and O–H groups in total. The Morgan fingerprint density at radius 2 is 2.07 bits per heavy atom. The summed E-state index contributed by atoms with van der Waals surface area (Å²) in [7, 11) is 0. The third-order valence-electron chi connectivity index (χ3n) is 5.05. The van der Waals surface area contributed by atoms with Gasteiger partial charge in [0.05, 0.1) is 28.8 Å². The van der Waals surface area contributed by atoms with Crippen molar-refractivity contribution in [2.24, 2.45) is 0 Å². The highest BCUT2D eigenvalue weighted by Crippen LogP contribution is 2.36. The molecule has 1 aliphatic heterocycles. The molecule has 3 aromatic rings. The summed E-state index contributed by atoms with van der Waals surface area (Å²) in [6.45, 7) is 3.33. The number of nitrogens with zero attached hydrogens (tertiary/aromatic N) is 2. The van der Waals surface area contributed by atoms with Crippen molar-refractivity contribution in [3.05, 3.63) is 64.1 Å². The van der Waals surface area contributed by atoms with Crippen LogP contribution in [0.4, 0.5) is 0 Å². The fourth-order valence-corrected chi connectivity index (χ4v) is 4.90. The van der Waals surface area contributed by atoms with Crippen molar-refractivity contribution in [3.8, 4) is 0 Å². The van der Waals surface area contributed by atoms with Gasteiger partial charge in [-0.15, -0.1) is 11.3 Å². The molecule has 1 saturated heterocycles. The topological polar surface area (TPSA) is 45.2 Å². The second kappa shape index (κ2) is 7.97. The molecule has 140 valence electrons. The van der Waals surface area contributed by atoms with E-state index in [2.05, 4.69) is 22.3 Å². The second-order valence-electron chi connectivity index (χ2n) is 6.99. The minimum atomic E-state index is -0.0433. The fourth-order valence-electron chi connectivity index (χ4n) is 3.63. The molecule has 4 rings (SSSR count). The average molecular weight is 400 g/mol. The Kier molecular flexibility index (Phi) is 5.43. The van der Waals surface area contributed by atoms with Gasteiger partial charge in [0.2, 0.25) is 5.91 Å². The maximum Gasteiger partial charge on any atom is 0.234 e. The third kappa shape index (κ3) is 4.15. The zero-order chi connectivity index (χ0) is 18.8. The van der Waals surface area contributed by atoms with E-state index >= 15 is 0 Å². The molecule has 0 saturated carbocycles. The van der Waals surface area contributed by atoms with E-state index in [1.54, 1.807) is 11.3 Å². The van der Waals surface area contributed by atoms with Crippen LogP contribution in [0.2, 0.25) is 5.02 Å². The monoisotopic (exact) mass is 399 g/mol. The van der Waals surface area contributed by atoms with E-state index in [-0.39, 0.29) is 18.0 Å². The molecule has 1 amide bonds. The number of carbonyl (C=O) groups is 1. The molecule has 1 aliphatic rings. The molecule has 0 radical (unpaired) electrons. The first-order chi connectivity index (χ1) is 13.1. The number of para-hydroxylation sites is 1. The van der Waals surface area contributed by atoms with Crippen LogP contribution in [-0.4, -0.2) is 28.9 Å². The van der Waals surface area contributed by atoms with Crippen molar-refractivity contribution in [3.63, 3.8) is 0 Å². The first kappa shape index (κ1) is 18.4. The Bertz CT molecular complexity index is 907. The number of likely N-dealkylation sites (tertiary alicyclic amines) is 1. The molecule has 4 nitrogen and oxygen atoms in total. The molecule has 0 spiro atoms. The summed E-state index contributed by atoms with van der Waals surface area (Å²) < 4.78 is 1.21. The molecule has 0 unspecified atom stereocenters. The van der Waals surface area contributed by atoms with Gasteiger partial charge in [-0.3, -0.25) is 9.69 Å². The van der Waals surface area contributed by atoms with E-state index in [4.69, 9.17) is 16.6 Å². The van der Waals surface area contributed by atoms with Gasteiger partial charge >= 0.3 is 0 Å². The largest absolute Gasteiger partial charge is 0.348 e. The van der Waals surface area contributed by atoms with Crippen LogP contribution < -0.4 is 5.32 Å². The number of carbonyl (C=O) groups excluding carboxylic acids is 1. The number of hydrogen-bond donors (Lipinski definition) is 1. The van der Waals surface area contributed by atoms with Crippen LogP contribution in [0.25, 0.3) is 10.2 Å². The molecule has 2 aromatic carbocycles. The highest BCUT2D eigenvalue weighted by atomic mass is 35.5. The number of aromatic nitrogens is 1. The van der Waals surface area contributed by atoms with Gasteiger partial charge in [-0.1, -0.05) is 35.9 Å². The number of amides is 1. The molecule has 2 atom stereocenters. The fraction of sp³-hybridized carbons (Fsp3) is 0.333. The molecule has 1 fully saturated rings. The summed E-state index contributed by atoms with van der Waals surface area (Å²) in [5.41, 5.74) is 2.10. The number of fused-ring (bicyclic) bond motifs is 1. The van der Waals surface area contributed by atoms with E-state index in [9.17, 15) is 4.79 Å². The van der Waals surface area contributed by atoms with Crippen molar-refractivity contribution in [2.75, 3.05) is 13.1 Å². The van der Waals surface area contributed by atoms with Gasteiger partial charge in [0, 0.05) is 5.02 Å². The van der Waals surface area contributed by atoms with Crippen LogP contribution in [-0.2, 0) is 4.79 Å². The van der Waals surface area contributed by atoms with Crippen LogP contribution in [0.5, 0.6) is 0 Å². The predicted molar refractivity (Wildman–Crippen MR) is 111 cm³/mol. The number of halogens is 1. The quantitative estimate of drug-likeness (QED) is 0.659. The maximum atomic E-state index is 12.6. The summed E-state index contributed by atoms with van der Waals surface area (Å²) in [6, 6.07) is 16.0. The molecule has 0 aliphatic carbocycles. The number of benzene rings is 2. The van der Waals surface area contributed by atoms with Crippen molar-refractivity contribution in [1.82, 2.24) is 15.2 Å². The normalized spacial score (nSPS) is 18.7. The number of thiazole rings is 1. The Hall–Kier alpha value is -1.95. The van der Waals surface area contributed by atoms with Crippen molar-refractivity contribution in [1.29, 1.82) is 0 Å². The Morgan fingerprint density at radius 1 is 1.30 bits per heavy atom.